The number of hydrogen-bond acceptors (Lipinski definition) is 5. The van der Waals surface area contributed by atoms with Gasteiger partial charge in [0.25, 0.3) is 5.91 Å². The van der Waals surface area contributed by atoms with Gasteiger partial charge in [-0.2, -0.15) is 0 Å². The number of anilines is 2. The number of carbonyl (C=O) groups excluding carboxylic acids is 2. The molecule has 2 aromatic carbocycles. The average Bonchev–Trinajstić information content (AvgIpc) is 3.55. The van der Waals surface area contributed by atoms with Gasteiger partial charge in [-0.3, -0.25) is 9.59 Å². The maximum absolute atomic E-state index is 13.1. The maximum Gasteiger partial charge on any atom is 0.290 e. The molecule has 0 bridgehead atoms. The lowest BCUT2D eigenvalue weighted by molar-refractivity contribution is -0.118. The fourth-order valence-electron chi connectivity index (χ4n) is 4.02. The highest BCUT2D eigenvalue weighted by molar-refractivity contribution is 6.00. The molecule has 1 fully saturated rings. The van der Waals surface area contributed by atoms with E-state index in [-0.39, 0.29) is 11.7 Å². The minimum absolute atomic E-state index is 0.0826. The summed E-state index contributed by atoms with van der Waals surface area (Å²) in [6.07, 6.45) is 4.66. The third kappa shape index (κ3) is 5.80. The number of rotatable bonds is 9. The van der Waals surface area contributed by atoms with Crippen molar-refractivity contribution in [2.45, 2.75) is 45.1 Å². The summed E-state index contributed by atoms with van der Waals surface area (Å²) in [6.45, 7) is 4.13. The van der Waals surface area contributed by atoms with Crippen LogP contribution in [0, 0.1) is 0 Å². The molecule has 4 rings (SSSR count). The highest BCUT2D eigenvalue weighted by atomic mass is 16.5. The van der Waals surface area contributed by atoms with Gasteiger partial charge in [0, 0.05) is 36.1 Å². The lowest BCUT2D eigenvalue weighted by atomic mass is 10.1. The Morgan fingerprint density at radius 1 is 1.06 bits per heavy atom. The third-order valence-corrected chi connectivity index (χ3v) is 5.86. The van der Waals surface area contributed by atoms with Crippen LogP contribution in [-0.4, -0.2) is 36.1 Å². The fourth-order valence-corrected chi connectivity index (χ4v) is 4.02. The molecule has 2 N–H and O–H groups in total. The topological polar surface area (TPSA) is 87.5 Å². The SMILES string of the molecule is CCCCC(NC(=O)c1cc(-c2ccccc2)no1)C(=O)Nc1cccc(N2CCCC2)c1. The molecule has 3 aromatic rings. The van der Waals surface area contributed by atoms with Crippen LogP contribution in [0.25, 0.3) is 11.3 Å². The monoisotopic (exact) mass is 446 g/mol. The van der Waals surface area contributed by atoms with E-state index in [2.05, 4.69) is 33.7 Å². The van der Waals surface area contributed by atoms with Crippen molar-refractivity contribution in [2.75, 3.05) is 23.3 Å². The van der Waals surface area contributed by atoms with Gasteiger partial charge in [0.05, 0.1) is 0 Å². The van der Waals surface area contributed by atoms with Crippen LogP contribution in [0.3, 0.4) is 0 Å². The Bertz CT molecular complexity index is 1070. The Hall–Kier alpha value is -3.61. The Morgan fingerprint density at radius 2 is 1.85 bits per heavy atom. The molecule has 1 aliphatic rings. The van der Waals surface area contributed by atoms with E-state index in [1.165, 1.54) is 12.8 Å². The van der Waals surface area contributed by atoms with E-state index >= 15 is 0 Å². The molecule has 2 heterocycles. The summed E-state index contributed by atoms with van der Waals surface area (Å²) in [5, 5.41) is 9.80. The Morgan fingerprint density at radius 3 is 2.61 bits per heavy atom. The minimum Gasteiger partial charge on any atom is -0.371 e. The lowest BCUT2D eigenvalue weighted by Gasteiger charge is -2.20. The molecule has 1 aliphatic heterocycles. The van der Waals surface area contributed by atoms with Gasteiger partial charge in [0.2, 0.25) is 11.7 Å². The van der Waals surface area contributed by atoms with E-state index in [0.717, 1.165) is 42.9 Å². The first-order valence-electron chi connectivity index (χ1n) is 11.6. The summed E-state index contributed by atoms with van der Waals surface area (Å²) >= 11 is 0. The van der Waals surface area contributed by atoms with Gasteiger partial charge >= 0.3 is 0 Å². The molecule has 7 heteroatoms. The number of nitrogens with one attached hydrogen (secondary N) is 2. The number of amides is 2. The van der Waals surface area contributed by atoms with Gasteiger partial charge in [-0.15, -0.1) is 0 Å². The number of nitrogens with zero attached hydrogens (tertiary/aromatic N) is 2. The summed E-state index contributed by atoms with van der Waals surface area (Å²) in [5.74, 6) is -0.607. The molecule has 1 saturated heterocycles. The minimum atomic E-state index is -0.668. The van der Waals surface area contributed by atoms with Gasteiger partial charge in [-0.05, 0) is 37.5 Å². The largest absolute Gasteiger partial charge is 0.371 e. The summed E-state index contributed by atoms with van der Waals surface area (Å²) in [4.78, 5) is 28.2. The summed E-state index contributed by atoms with van der Waals surface area (Å²) in [5.41, 5.74) is 3.27. The van der Waals surface area contributed by atoms with Crippen molar-refractivity contribution in [3.63, 3.8) is 0 Å². The van der Waals surface area contributed by atoms with Crippen LogP contribution in [0.2, 0.25) is 0 Å². The second-order valence-corrected chi connectivity index (χ2v) is 8.34. The number of aromatic nitrogens is 1. The van der Waals surface area contributed by atoms with Gasteiger partial charge in [0.1, 0.15) is 11.7 Å². The van der Waals surface area contributed by atoms with Crippen LogP contribution in [0.5, 0.6) is 0 Å². The standard InChI is InChI=1S/C26H30N4O3/c1-2-3-14-22(25(31)27-20-12-9-13-21(17-20)30-15-7-8-16-30)28-26(32)24-18-23(29-33-24)19-10-5-4-6-11-19/h4-6,9-13,17-18,22H,2-3,7-8,14-16H2,1H3,(H,27,31)(H,28,32). The molecule has 1 unspecified atom stereocenters. The maximum atomic E-state index is 13.1. The molecule has 33 heavy (non-hydrogen) atoms. The van der Waals surface area contributed by atoms with E-state index in [4.69, 9.17) is 4.52 Å². The molecule has 1 aromatic heterocycles. The lowest BCUT2D eigenvalue weighted by Crippen LogP contribution is -2.43. The predicted molar refractivity (Wildman–Crippen MR) is 129 cm³/mol. The average molecular weight is 447 g/mol. The number of benzene rings is 2. The van der Waals surface area contributed by atoms with Crippen molar-refractivity contribution in [1.82, 2.24) is 10.5 Å². The molecule has 0 aliphatic carbocycles. The van der Waals surface area contributed by atoms with Crippen molar-refractivity contribution in [3.8, 4) is 11.3 Å². The van der Waals surface area contributed by atoms with E-state index < -0.39 is 11.9 Å². The fraction of sp³-hybridized carbons (Fsp3) is 0.346. The quantitative estimate of drug-likeness (QED) is 0.490. The van der Waals surface area contributed by atoms with Crippen LogP contribution in [0.4, 0.5) is 11.4 Å². The van der Waals surface area contributed by atoms with E-state index in [1.807, 2.05) is 48.5 Å². The molecule has 2 amide bonds. The third-order valence-electron chi connectivity index (χ3n) is 5.86. The Balaban J connectivity index is 1.43. The van der Waals surface area contributed by atoms with E-state index in [1.54, 1.807) is 6.07 Å². The summed E-state index contributed by atoms with van der Waals surface area (Å²) in [7, 11) is 0. The van der Waals surface area contributed by atoms with E-state index in [0.29, 0.717) is 12.1 Å². The summed E-state index contributed by atoms with van der Waals surface area (Å²) < 4.78 is 5.26. The highest BCUT2D eigenvalue weighted by Crippen LogP contribution is 2.24. The van der Waals surface area contributed by atoms with Crippen LogP contribution in [0.1, 0.15) is 49.6 Å². The van der Waals surface area contributed by atoms with Crippen LogP contribution in [0.15, 0.2) is 65.2 Å². The first-order chi connectivity index (χ1) is 16.1. The van der Waals surface area contributed by atoms with Crippen molar-refractivity contribution in [1.29, 1.82) is 0 Å². The first kappa shape index (κ1) is 22.6. The zero-order valence-electron chi connectivity index (χ0n) is 18.9. The van der Waals surface area contributed by atoms with Crippen molar-refractivity contribution in [3.05, 3.63) is 66.4 Å². The predicted octanol–water partition coefficient (Wildman–Crippen LogP) is 4.87. The summed E-state index contributed by atoms with van der Waals surface area (Å²) in [6, 6.07) is 18.3. The zero-order valence-corrected chi connectivity index (χ0v) is 18.9. The molecule has 172 valence electrons. The van der Waals surface area contributed by atoms with Crippen molar-refractivity contribution >= 4 is 23.2 Å². The second kappa shape index (κ2) is 10.8. The molecule has 1 atom stereocenters. The van der Waals surface area contributed by atoms with Crippen molar-refractivity contribution in [2.24, 2.45) is 0 Å². The highest BCUT2D eigenvalue weighted by Gasteiger charge is 2.24. The zero-order chi connectivity index (χ0) is 23.0. The Labute approximate surface area is 194 Å². The number of hydrogen-bond donors (Lipinski definition) is 2. The molecule has 0 saturated carbocycles. The van der Waals surface area contributed by atoms with Crippen LogP contribution < -0.4 is 15.5 Å². The normalized spacial score (nSPS) is 14.2. The second-order valence-electron chi connectivity index (χ2n) is 8.34. The first-order valence-corrected chi connectivity index (χ1v) is 11.6. The van der Waals surface area contributed by atoms with Gasteiger partial charge in [0.15, 0.2) is 0 Å². The van der Waals surface area contributed by atoms with E-state index in [9.17, 15) is 9.59 Å². The van der Waals surface area contributed by atoms with Crippen molar-refractivity contribution < 1.29 is 14.1 Å². The number of carbonyl (C=O) groups is 2. The molecule has 0 spiro atoms. The van der Waals surface area contributed by atoms with Gasteiger partial charge < -0.3 is 20.1 Å². The molecule has 0 radical (unpaired) electrons. The smallest absolute Gasteiger partial charge is 0.290 e. The van der Waals surface area contributed by atoms with Crippen LogP contribution in [-0.2, 0) is 4.79 Å². The number of unbranched alkanes of at least 4 members (excludes halogenated alkanes) is 1. The van der Waals surface area contributed by atoms with Gasteiger partial charge in [-0.25, -0.2) is 0 Å². The van der Waals surface area contributed by atoms with Gasteiger partial charge in [-0.1, -0.05) is 61.3 Å². The molecular weight excluding hydrogens is 416 g/mol. The Kier molecular flexibility index (Phi) is 7.40. The van der Waals surface area contributed by atoms with Crippen LogP contribution >= 0.6 is 0 Å². The molecule has 7 nitrogen and oxygen atoms in total. The molecular formula is C26H30N4O3.